The van der Waals surface area contributed by atoms with Gasteiger partial charge >= 0.3 is 12.1 Å². The van der Waals surface area contributed by atoms with E-state index in [0.717, 1.165) is 49.8 Å². The molecular formula is C23H29ClF3N3O4. The van der Waals surface area contributed by atoms with Gasteiger partial charge in [0.05, 0.1) is 13.2 Å². The van der Waals surface area contributed by atoms with Gasteiger partial charge in [0, 0.05) is 44.1 Å². The minimum atomic E-state index is -5.08. The summed E-state index contributed by atoms with van der Waals surface area (Å²) >= 11 is 6.14. The third-order valence-electron chi connectivity index (χ3n) is 6.65. The maximum atomic E-state index is 13.4. The molecule has 0 aromatic heterocycles. The van der Waals surface area contributed by atoms with Crippen LogP contribution < -0.4 is 0 Å². The van der Waals surface area contributed by atoms with Crippen LogP contribution in [0.5, 0.6) is 0 Å². The van der Waals surface area contributed by atoms with Gasteiger partial charge in [0.2, 0.25) is 0 Å². The lowest BCUT2D eigenvalue weighted by Gasteiger charge is -2.28. The molecule has 0 unspecified atom stereocenters. The number of rotatable bonds is 6. The molecule has 11 heteroatoms. The summed E-state index contributed by atoms with van der Waals surface area (Å²) in [6.45, 7) is 6.10. The van der Waals surface area contributed by atoms with Crippen molar-refractivity contribution in [3.05, 3.63) is 34.9 Å². The molecule has 4 rings (SSSR count). The summed E-state index contributed by atoms with van der Waals surface area (Å²) < 4.78 is 36.9. The number of likely N-dealkylation sites (tertiary alicyclic amines) is 1. The van der Waals surface area contributed by atoms with Crippen molar-refractivity contribution < 1.29 is 32.6 Å². The number of carbonyl (C=O) groups is 2. The topological polar surface area (TPSA) is 82.4 Å². The minimum Gasteiger partial charge on any atom is -0.475 e. The number of amides is 1. The number of carbonyl (C=O) groups excluding carboxylic acids is 1. The van der Waals surface area contributed by atoms with Crippen LogP contribution >= 0.6 is 11.6 Å². The van der Waals surface area contributed by atoms with Crippen LogP contribution in [0.25, 0.3) is 0 Å². The predicted molar refractivity (Wildman–Crippen MR) is 121 cm³/mol. The number of benzene rings is 1. The Labute approximate surface area is 201 Å². The molecule has 1 aromatic rings. The Kier molecular flexibility index (Phi) is 8.26. The van der Waals surface area contributed by atoms with Gasteiger partial charge < -0.3 is 9.84 Å². The van der Waals surface area contributed by atoms with Crippen LogP contribution in [0.1, 0.15) is 31.7 Å². The Balaban J connectivity index is 0.000000406. The summed E-state index contributed by atoms with van der Waals surface area (Å²) in [5, 5.41) is 7.90. The SMILES string of the molecule is CCC1=N[C@@]2(CC[C@@H]3CN(Cc4cccc(Cl)c4)C[C@@H]32)C(=O)N1CCOC.O=C(O)C(F)(F)F. The fraction of sp³-hybridized carbons (Fsp3) is 0.609. The summed E-state index contributed by atoms with van der Waals surface area (Å²) in [5.41, 5.74) is 0.695. The lowest BCUT2D eigenvalue weighted by Crippen LogP contribution is -2.47. The van der Waals surface area contributed by atoms with E-state index in [-0.39, 0.29) is 5.91 Å². The number of carboxylic acids is 1. The van der Waals surface area contributed by atoms with E-state index in [9.17, 15) is 18.0 Å². The van der Waals surface area contributed by atoms with E-state index >= 15 is 0 Å². The van der Waals surface area contributed by atoms with E-state index in [1.165, 1.54) is 5.56 Å². The van der Waals surface area contributed by atoms with Gasteiger partial charge in [-0.05, 0) is 36.5 Å². The molecule has 2 heterocycles. The number of hydrogen-bond acceptors (Lipinski definition) is 5. The molecule has 34 heavy (non-hydrogen) atoms. The van der Waals surface area contributed by atoms with Crippen molar-refractivity contribution in [2.75, 3.05) is 33.4 Å². The Morgan fingerprint density at radius 2 is 2.06 bits per heavy atom. The van der Waals surface area contributed by atoms with Crippen molar-refractivity contribution in [1.29, 1.82) is 0 Å². The second-order valence-electron chi connectivity index (χ2n) is 8.79. The number of halogens is 4. The highest BCUT2D eigenvalue weighted by molar-refractivity contribution is 6.30. The van der Waals surface area contributed by atoms with Crippen molar-refractivity contribution in [2.24, 2.45) is 16.8 Å². The molecule has 0 bridgehead atoms. The standard InChI is InChI=1S/C21H28ClN3O2.C2HF3O2/c1-3-19-23-21(20(26)25(19)9-10-27-2)8-7-16-13-24(14-18(16)21)12-15-5-4-6-17(22)11-15;3-2(4,5)1(6)7/h4-6,11,16,18H,3,7-10,12-14H2,1-2H3;(H,6,7)/t16-,18+,21-;/m1./s1. The van der Waals surface area contributed by atoms with E-state index in [4.69, 9.17) is 31.2 Å². The van der Waals surface area contributed by atoms with Crippen LogP contribution in [0.3, 0.4) is 0 Å². The van der Waals surface area contributed by atoms with Gasteiger partial charge in [-0.1, -0.05) is 30.7 Å². The number of alkyl halides is 3. The third kappa shape index (κ3) is 5.55. The van der Waals surface area contributed by atoms with Gasteiger partial charge in [-0.15, -0.1) is 0 Å². The zero-order valence-electron chi connectivity index (χ0n) is 19.1. The van der Waals surface area contributed by atoms with Crippen LogP contribution in [0.15, 0.2) is 29.3 Å². The fourth-order valence-electron chi connectivity index (χ4n) is 5.18. The normalized spacial score (nSPS) is 26.5. The zero-order chi connectivity index (χ0) is 25.1. The fourth-order valence-corrected chi connectivity index (χ4v) is 5.40. The van der Waals surface area contributed by atoms with Crippen molar-refractivity contribution >= 4 is 29.3 Å². The Morgan fingerprint density at radius 3 is 2.65 bits per heavy atom. The number of nitrogens with zero attached hydrogens (tertiary/aromatic N) is 3. The van der Waals surface area contributed by atoms with Gasteiger partial charge in [-0.3, -0.25) is 19.6 Å². The number of aliphatic carboxylic acids is 1. The number of amidine groups is 1. The summed E-state index contributed by atoms with van der Waals surface area (Å²) in [4.78, 5) is 31.7. The molecule has 3 aliphatic rings. The first-order valence-electron chi connectivity index (χ1n) is 11.2. The number of ether oxygens (including phenoxy) is 1. The summed E-state index contributed by atoms with van der Waals surface area (Å²) in [5.74, 6) is -0.748. The molecule has 1 N–H and O–H groups in total. The highest BCUT2D eigenvalue weighted by Gasteiger charge is 2.60. The number of hydrogen-bond donors (Lipinski definition) is 1. The van der Waals surface area contributed by atoms with Crippen LogP contribution in [-0.2, 0) is 20.9 Å². The molecule has 3 atom stereocenters. The molecule has 1 aliphatic carbocycles. The van der Waals surface area contributed by atoms with Gasteiger partial charge in [-0.25, -0.2) is 4.79 Å². The van der Waals surface area contributed by atoms with Gasteiger partial charge in [-0.2, -0.15) is 13.2 Å². The third-order valence-corrected chi connectivity index (χ3v) is 6.89. The van der Waals surface area contributed by atoms with Crippen LogP contribution in [-0.4, -0.2) is 77.7 Å². The van der Waals surface area contributed by atoms with Gasteiger partial charge in [0.25, 0.3) is 5.91 Å². The molecule has 2 aliphatic heterocycles. The van der Waals surface area contributed by atoms with Crippen molar-refractivity contribution in [2.45, 2.75) is 44.4 Å². The smallest absolute Gasteiger partial charge is 0.475 e. The molecule has 1 aromatic carbocycles. The van der Waals surface area contributed by atoms with Crippen LogP contribution in [0, 0.1) is 11.8 Å². The number of carboxylic acid groups (broad SMARTS) is 1. The first-order valence-corrected chi connectivity index (χ1v) is 11.6. The molecular weight excluding hydrogens is 475 g/mol. The molecule has 1 saturated heterocycles. The predicted octanol–water partition coefficient (Wildman–Crippen LogP) is 3.85. The summed E-state index contributed by atoms with van der Waals surface area (Å²) in [6.07, 6.45) is -2.32. The average Bonchev–Trinajstić information content (AvgIpc) is 3.40. The molecule has 1 spiro atoms. The van der Waals surface area contributed by atoms with E-state index in [1.807, 2.05) is 23.1 Å². The quantitative estimate of drug-likeness (QED) is 0.637. The second kappa shape index (κ2) is 10.6. The lowest BCUT2D eigenvalue weighted by atomic mass is 9.85. The Hall–Kier alpha value is -2.17. The van der Waals surface area contributed by atoms with Crippen molar-refractivity contribution in [3.8, 4) is 0 Å². The van der Waals surface area contributed by atoms with Gasteiger partial charge in [0.15, 0.2) is 0 Å². The summed E-state index contributed by atoms with van der Waals surface area (Å²) in [6, 6.07) is 8.07. The van der Waals surface area contributed by atoms with E-state index < -0.39 is 17.7 Å². The maximum Gasteiger partial charge on any atom is 0.490 e. The molecule has 1 saturated carbocycles. The van der Waals surface area contributed by atoms with Crippen LogP contribution in [0.4, 0.5) is 13.2 Å². The first-order chi connectivity index (χ1) is 16.0. The highest BCUT2D eigenvalue weighted by atomic mass is 35.5. The maximum absolute atomic E-state index is 13.4. The molecule has 188 valence electrons. The first kappa shape index (κ1) is 26.4. The second-order valence-corrected chi connectivity index (χ2v) is 9.22. The largest absolute Gasteiger partial charge is 0.490 e. The monoisotopic (exact) mass is 503 g/mol. The average molecular weight is 504 g/mol. The van der Waals surface area contributed by atoms with E-state index in [0.29, 0.717) is 25.0 Å². The van der Waals surface area contributed by atoms with Gasteiger partial charge in [0.1, 0.15) is 11.4 Å². The lowest BCUT2D eigenvalue weighted by molar-refractivity contribution is -0.192. The number of aliphatic imine (C=N–C) groups is 1. The molecule has 0 radical (unpaired) electrons. The van der Waals surface area contributed by atoms with Crippen molar-refractivity contribution in [1.82, 2.24) is 9.80 Å². The molecule has 7 nitrogen and oxygen atoms in total. The molecule has 1 amide bonds. The number of fused-ring (bicyclic) bond motifs is 2. The van der Waals surface area contributed by atoms with Crippen molar-refractivity contribution in [3.63, 3.8) is 0 Å². The zero-order valence-corrected chi connectivity index (χ0v) is 19.9. The summed E-state index contributed by atoms with van der Waals surface area (Å²) in [7, 11) is 1.68. The number of methoxy groups -OCH3 is 1. The molecule has 2 fully saturated rings. The highest BCUT2D eigenvalue weighted by Crippen LogP contribution is 2.50. The Morgan fingerprint density at radius 1 is 1.35 bits per heavy atom. The van der Waals surface area contributed by atoms with E-state index in [2.05, 4.69) is 17.9 Å². The Bertz CT molecular complexity index is 942. The van der Waals surface area contributed by atoms with Crippen LogP contribution in [0.2, 0.25) is 5.02 Å². The van der Waals surface area contributed by atoms with E-state index in [1.54, 1.807) is 7.11 Å². The minimum absolute atomic E-state index is 0.202.